The molecule has 0 aromatic rings. The maximum Gasteiger partial charge on any atom is 0.306 e. The van der Waals surface area contributed by atoms with Crippen molar-refractivity contribution in [3.05, 3.63) is 60.8 Å². The predicted molar refractivity (Wildman–Crippen MR) is 316 cm³/mol. The van der Waals surface area contributed by atoms with Crippen LogP contribution in [-0.2, 0) is 28.6 Å². The molecule has 0 amide bonds. The fourth-order valence-corrected chi connectivity index (χ4v) is 9.21. The van der Waals surface area contributed by atoms with Gasteiger partial charge in [0.15, 0.2) is 6.10 Å². The number of unbranched alkanes of at least 4 members (excludes halogenated alkanes) is 37. The van der Waals surface area contributed by atoms with E-state index in [9.17, 15) is 14.4 Å². The lowest BCUT2D eigenvalue weighted by Crippen LogP contribution is -2.30. The van der Waals surface area contributed by atoms with Crippen molar-refractivity contribution in [2.75, 3.05) is 13.2 Å². The molecule has 73 heavy (non-hydrogen) atoms. The first kappa shape index (κ1) is 70.1. The Bertz CT molecular complexity index is 1310. The van der Waals surface area contributed by atoms with Gasteiger partial charge in [0.25, 0.3) is 0 Å². The highest BCUT2D eigenvalue weighted by atomic mass is 16.6. The first-order valence-corrected chi connectivity index (χ1v) is 31.8. The highest BCUT2D eigenvalue weighted by Crippen LogP contribution is 2.16. The summed E-state index contributed by atoms with van der Waals surface area (Å²) in [4.78, 5) is 38.3. The van der Waals surface area contributed by atoms with Crippen LogP contribution >= 0.6 is 0 Å². The van der Waals surface area contributed by atoms with Crippen LogP contribution in [0.25, 0.3) is 0 Å². The first-order chi connectivity index (χ1) is 36.0. The largest absolute Gasteiger partial charge is 0.462 e. The van der Waals surface area contributed by atoms with E-state index in [4.69, 9.17) is 14.2 Å². The SMILES string of the molecule is CC/C=C\C/C=C\C/C=C\CCCCCCCC(=O)O[C@@H](COC(=O)CCCCCCCCCCC/C=C\CCCCCCCC)COC(=O)CCCCCCCCCCCCC/C=C\CCCCCCCC. The summed E-state index contributed by atoms with van der Waals surface area (Å²) in [6.07, 6.45) is 77.9. The van der Waals surface area contributed by atoms with Gasteiger partial charge in [-0.3, -0.25) is 14.4 Å². The van der Waals surface area contributed by atoms with Crippen molar-refractivity contribution >= 4 is 17.9 Å². The van der Waals surface area contributed by atoms with E-state index in [2.05, 4.69) is 81.5 Å². The molecule has 0 radical (unpaired) electrons. The van der Waals surface area contributed by atoms with Gasteiger partial charge in [0, 0.05) is 19.3 Å². The van der Waals surface area contributed by atoms with Crippen molar-refractivity contribution in [1.29, 1.82) is 0 Å². The van der Waals surface area contributed by atoms with E-state index in [-0.39, 0.29) is 31.1 Å². The molecule has 0 fully saturated rings. The summed E-state index contributed by atoms with van der Waals surface area (Å²) < 4.78 is 16.9. The average molecular weight is 1020 g/mol. The van der Waals surface area contributed by atoms with Gasteiger partial charge in [-0.1, -0.05) is 268 Å². The summed E-state index contributed by atoms with van der Waals surface area (Å²) in [5.74, 6) is -0.884. The zero-order valence-corrected chi connectivity index (χ0v) is 48.7. The predicted octanol–water partition coefficient (Wildman–Crippen LogP) is 21.6. The number of carbonyl (C=O) groups is 3. The van der Waals surface area contributed by atoms with Crippen molar-refractivity contribution in [2.24, 2.45) is 0 Å². The van der Waals surface area contributed by atoms with Gasteiger partial charge >= 0.3 is 17.9 Å². The molecule has 0 unspecified atom stereocenters. The zero-order chi connectivity index (χ0) is 52.9. The van der Waals surface area contributed by atoms with Gasteiger partial charge in [0.05, 0.1) is 0 Å². The van der Waals surface area contributed by atoms with Crippen LogP contribution in [0.1, 0.15) is 329 Å². The molecule has 0 aliphatic rings. The van der Waals surface area contributed by atoms with Gasteiger partial charge in [0.2, 0.25) is 0 Å². The first-order valence-electron chi connectivity index (χ1n) is 31.8. The summed E-state index contributed by atoms with van der Waals surface area (Å²) in [5, 5.41) is 0. The summed E-state index contributed by atoms with van der Waals surface area (Å²) in [7, 11) is 0. The van der Waals surface area contributed by atoms with Gasteiger partial charge in [-0.2, -0.15) is 0 Å². The van der Waals surface area contributed by atoms with E-state index < -0.39 is 6.10 Å². The van der Waals surface area contributed by atoms with Gasteiger partial charge < -0.3 is 14.2 Å². The van der Waals surface area contributed by atoms with Crippen molar-refractivity contribution < 1.29 is 28.6 Å². The van der Waals surface area contributed by atoms with Crippen LogP contribution < -0.4 is 0 Å². The molecule has 0 N–H and O–H groups in total. The number of esters is 3. The smallest absolute Gasteiger partial charge is 0.306 e. The second kappa shape index (κ2) is 61.7. The fraction of sp³-hybridized carbons (Fsp3) is 0.806. The lowest BCUT2D eigenvalue weighted by molar-refractivity contribution is -0.167. The van der Waals surface area contributed by atoms with Crippen molar-refractivity contribution in [3.8, 4) is 0 Å². The summed E-state index contributed by atoms with van der Waals surface area (Å²) >= 11 is 0. The summed E-state index contributed by atoms with van der Waals surface area (Å²) in [6.45, 7) is 6.55. The molecule has 0 saturated heterocycles. The molecule has 0 bridgehead atoms. The minimum atomic E-state index is -0.785. The Morgan fingerprint density at radius 1 is 0.288 bits per heavy atom. The van der Waals surface area contributed by atoms with Crippen LogP contribution in [0.15, 0.2) is 60.8 Å². The normalized spacial score (nSPS) is 12.4. The molecule has 0 aromatic carbocycles. The number of allylic oxidation sites excluding steroid dienone is 10. The van der Waals surface area contributed by atoms with Crippen LogP contribution in [0, 0.1) is 0 Å². The monoisotopic (exact) mass is 1020 g/mol. The van der Waals surface area contributed by atoms with Gasteiger partial charge in [-0.25, -0.2) is 0 Å². The fourth-order valence-electron chi connectivity index (χ4n) is 9.21. The number of carbonyl (C=O) groups excluding carboxylic acids is 3. The van der Waals surface area contributed by atoms with Crippen LogP contribution in [0.2, 0.25) is 0 Å². The topological polar surface area (TPSA) is 78.9 Å². The number of hydrogen-bond acceptors (Lipinski definition) is 6. The molecule has 0 rings (SSSR count). The average Bonchev–Trinajstić information content (AvgIpc) is 3.39. The third-order valence-electron chi connectivity index (χ3n) is 14.0. The lowest BCUT2D eigenvalue weighted by atomic mass is 10.0. The number of hydrogen-bond donors (Lipinski definition) is 0. The zero-order valence-electron chi connectivity index (χ0n) is 48.7. The molecule has 0 aliphatic carbocycles. The van der Waals surface area contributed by atoms with E-state index in [1.54, 1.807) is 0 Å². The van der Waals surface area contributed by atoms with E-state index in [1.807, 2.05) is 0 Å². The second-order valence-electron chi connectivity index (χ2n) is 21.3. The molecular weight excluding hydrogens is 901 g/mol. The maximum absolute atomic E-state index is 12.9. The molecule has 6 heteroatoms. The van der Waals surface area contributed by atoms with Gasteiger partial charge in [0.1, 0.15) is 13.2 Å². The Morgan fingerprint density at radius 2 is 0.534 bits per heavy atom. The maximum atomic E-state index is 12.9. The molecule has 0 heterocycles. The second-order valence-corrected chi connectivity index (χ2v) is 21.3. The van der Waals surface area contributed by atoms with E-state index >= 15 is 0 Å². The Balaban J connectivity index is 4.34. The molecule has 424 valence electrons. The van der Waals surface area contributed by atoms with Gasteiger partial charge in [-0.15, -0.1) is 0 Å². The summed E-state index contributed by atoms with van der Waals surface area (Å²) in [6, 6.07) is 0. The highest BCUT2D eigenvalue weighted by molar-refractivity contribution is 5.71. The number of ether oxygens (including phenoxy) is 3. The van der Waals surface area contributed by atoms with Crippen LogP contribution in [-0.4, -0.2) is 37.2 Å². The van der Waals surface area contributed by atoms with Crippen molar-refractivity contribution in [3.63, 3.8) is 0 Å². The third kappa shape index (κ3) is 59.9. The summed E-state index contributed by atoms with van der Waals surface area (Å²) in [5.41, 5.74) is 0. The Kier molecular flexibility index (Phi) is 59.2. The molecule has 0 aliphatic heterocycles. The van der Waals surface area contributed by atoms with Crippen molar-refractivity contribution in [1.82, 2.24) is 0 Å². The molecule has 1 atom stereocenters. The minimum absolute atomic E-state index is 0.0804. The van der Waals surface area contributed by atoms with E-state index in [0.717, 1.165) is 96.3 Å². The molecular formula is C67H120O6. The lowest BCUT2D eigenvalue weighted by Gasteiger charge is -2.18. The third-order valence-corrected chi connectivity index (χ3v) is 14.0. The van der Waals surface area contributed by atoms with Gasteiger partial charge in [-0.05, 0) is 103 Å². The molecule has 6 nitrogen and oxygen atoms in total. The Morgan fingerprint density at radius 3 is 0.849 bits per heavy atom. The molecule has 0 spiro atoms. The quantitative estimate of drug-likeness (QED) is 0.0261. The Labute approximate surface area is 453 Å². The van der Waals surface area contributed by atoms with Crippen molar-refractivity contribution in [2.45, 2.75) is 335 Å². The van der Waals surface area contributed by atoms with E-state index in [0.29, 0.717) is 19.3 Å². The minimum Gasteiger partial charge on any atom is -0.462 e. The van der Waals surface area contributed by atoms with Crippen LogP contribution in [0.4, 0.5) is 0 Å². The molecule has 0 aromatic heterocycles. The van der Waals surface area contributed by atoms with Crippen LogP contribution in [0.3, 0.4) is 0 Å². The standard InChI is InChI=1S/C67H120O6/c1-4-7-10-13-16-19-22-25-28-30-32-33-35-37-40-42-45-48-51-54-57-60-66(69)72-63-64(73-67(70)61-58-55-52-49-46-43-38-27-24-21-18-15-12-9-6-3)62-71-65(68)59-56-53-50-47-44-41-39-36-34-31-29-26-23-20-17-14-11-8-5-2/h9,12,18,21,25-29,38,64H,4-8,10-11,13-17,19-20,22-24,30-37,39-63H2,1-3H3/b12-9-,21-18-,28-25-,29-26-,38-27-/t64-/m0/s1. The number of rotatable bonds is 58. The molecule has 0 saturated carbocycles. The highest BCUT2D eigenvalue weighted by Gasteiger charge is 2.19. The van der Waals surface area contributed by atoms with Crippen LogP contribution in [0.5, 0.6) is 0 Å². The van der Waals surface area contributed by atoms with E-state index in [1.165, 1.54) is 193 Å². The Hall–Kier alpha value is -2.89.